The van der Waals surface area contributed by atoms with Gasteiger partial charge in [0.15, 0.2) is 18.3 Å². The molecule has 0 unspecified atom stereocenters. The lowest BCUT2D eigenvalue weighted by atomic mass is 10.0. The summed E-state index contributed by atoms with van der Waals surface area (Å²) >= 11 is 0. The molecule has 0 saturated heterocycles. The molecule has 0 aliphatic carbocycles. The van der Waals surface area contributed by atoms with Crippen LogP contribution in [0.1, 0.15) is 37.6 Å². The Bertz CT molecular complexity index is 654. The van der Waals surface area contributed by atoms with Gasteiger partial charge in [0.2, 0.25) is 0 Å². The number of carbonyl (C=O) groups is 2. The van der Waals surface area contributed by atoms with Gasteiger partial charge in [-0.05, 0) is 24.5 Å². The van der Waals surface area contributed by atoms with Gasteiger partial charge in [0.05, 0.1) is 6.26 Å². The minimum absolute atomic E-state index is 0.123. The van der Waals surface area contributed by atoms with Crippen LogP contribution in [0.2, 0.25) is 0 Å². The minimum Gasteiger partial charge on any atom is -0.463 e. The van der Waals surface area contributed by atoms with E-state index in [9.17, 15) is 9.59 Å². The second-order valence-electron chi connectivity index (χ2n) is 6.33. The molecule has 0 aliphatic heterocycles. The van der Waals surface area contributed by atoms with Crippen molar-refractivity contribution >= 4 is 11.9 Å². The van der Waals surface area contributed by atoms with Crippen molar-refractivity contribution < 1.29 is 19.3 Å². The number of quaternary nitrogens is 1. The van der Waals surface area contributed by atoms with Crippen molar-refractivity contribution in [2.45, 2.75) is 26.3 Å². The number of hydrogen-bond acceptors (Lipinski definition) is 3. The fourth-order valence-corrected chi connectivity index (χ4v) is 2.47. The Hall–Kier alpha value is -2.60. The van der Waals surface area contributed by atoms with Crippen molar-refractivity contribution in [2.24, 2.45) is 5.92 Å². The Morgan fingerprint density at radius 2 is 1.88 bits per heavy atom. The summed E-state index contributed by atoms with van der Waals surface area (Å²) in [4.78, 5) is 23.7. The number of furan rings is 1. The number of urea groups is 1. The van der Waals surface area contributed by atoms with E-state index in [0.717, 1.165) is 17.7 Å². The molecule has 1 aromatic heterocycles. The Labute approximate surface area is 148 Å². The molecule has 25 heavy (non-hydrogen) atoms. The summed E-state index contributed by atoms with van der Waals surface area (Å²) in [5.74, 6) is 0.930. The molecule has 0 spiro atoms. The highest BCUT2D eigenvalue weighted by atomic mass is 16.3. The predicted molar refractivity (Wildman–Crippen MR) is 94.8 cm³/mol. The molecule has 6 heteroatoms. The number of nitrogens with one attached hydrogen (secondary N) is 2. The van der Waals surface area contributed by atoms with Crippen molar-refractivity contribution in [1.29, 1.82) is 0 Å². The minimum atomic E-state index is -0.451. The van der Waals surface area contributed by atoms with E-state index in [2.05, 4.69) is 24.5 Å². The number of benzene rings is 1. The molecule has 2 rings (SSSR count). The van der Waals surface area contributed by atoms with Gasteiger partial charge in [-0.3, -0.25) is 10.1 Å². The van der Waals surface area contributed by atoms with Crippen LogP contribution in [0.25, 0.3) is 0 Å². The van der Waals surface area contributed by atoms with E-state index >= 15 is 0 Å². The number of hydrogen-bond donors (Lipinski definition) is 3. The van der Waals surface area contributed by atoms with Crippen LogP contribution in [0.15, 0.2) is 53.1 Å². The summed E-state index contributed by atoms with van der Waals surface area (Å²) in [6.07, 6.45) is 2.49. The zero-order valence-electron chi connectivity index (χ0n) is 14.7. The number of rotatable bonds is 8. The van der Waals surface area contributed by atoms with Crippen molar-refractivity contribution in [3.8, 4) is 0 Å². The lowest BCUT2D eigenvalue weighted by molar-refractivity contribution is -0.678. The van der Waals surface area contributed by atoms with Gasteiger partial charge in [-0.25, -0.2) is 4.79 Å². The number of amides is 3. The quantitative estimate of drug-likeness (QED) is 0.682. The average molecular weight is 344 g/mol. The Balaban J connectivity index is 1.86. The number of imide groups is 1. The topological polar surface area (TPSA) is 88.0 Å². The molecule has 0 bridgehead atoms. The van der Waals surface area contributed by atoms with Crippen LogP contribution in [-0.4, -0.2) is 25.0 Å². The number of carbonyl (C=O) groups excluding carboxylic acids is 2. The zero-order chi connectivity index (χ0) is 18.1. The van der Waals surface area contributed by atoms with E-state index in [4.69, 9.17) is 4.42 Å². The molecule has 1 heterocycles. The molecule has 1 atom stereocenters. The fourth-order valence-electron chi connectivity index (χ4n) is 2.47. The van der Waals surface area contributed by atoms with Crippen LogP contribution in [0.3, 0.4) is 0 Å². The molecular formula is C19H26N3O3+. The van der Waals surface area contributed by atoms with Crippen LogP contribution in [0.4, 0.5) is 4.79 Å². The predicted octanol–water partition coefficient (Wildman–Crippen LogP) is 1.80. The summed E-state index contributed by atoms with van der Waals surface area (Å²) in [5, 5.41) is 6.90. The van der Waals surface area contributed by atoms with Crippen LogP contribution in [-0.2, 0) is 4.79 Å². The van der Waals surface area contributed by atoms with Crippen LogP contribution in [0.5, 0.6) is 0 Å². The van der Waals surface area contributed by atoms with E-state index < -0.39 is 6.03 Å². The van der Waals surface area contributed by atoms with Gasteiger partial charge in [-0.1, -0.05) is 44.2 Å². The Kier molecular flexibility index (Phi) is 7.22. The Morgan fingerprint density at radius 1 is 1.12 bits per heavy atom. The molecule has 2 aromatic rings. The largest absolute Gasteiger partial charge is 0.463 e. The normalized spacial score (nSPS) is 12.0. The standard InChI is InChI=1S/C19H25N3O3/c1-14(2)10-11-20-19(24)22-17(23)13-21-18(16-9-6-12-25-16)15-7-4-3-5-8-15/h3-9,12,14,18,21H,10-11,13H2,1-2H3,(H2,20,22,23,24)/p+1/t18-/m1/s1. The summed E-state index contributed by atoms with van der Waals surface area (Å²) in [6.45, 7) is 4.84. The highest BCUT2D eigenvalue weighted by Crippen LogP contribution is 2.18. The van der Waals surface area contributed by atoms with E-state index in [1.807, 2.05) is 47.8 Å². The van der Waals surface area contributed by atoms with E-state index in [-0.39, 0.29) is 18.5 Å². The Morgan fingerprint density at radius 3 is 2.52 bits per heavy atom. The smallest absolute Gasteiger partial charge is 0.321 e. The van der Waals surface area contributed by atoms with E-state index in [0.29, 0.717) is 12.5 Å². The highest BCUT2D eigenvalue weighted by Gasteiger charge is 2.21. The first kappa shape index (κ1) is 18.7. The lowest BCUT2D eigenvalue weighted by Crippen LogP contribution is -2.87. The van der Waals surface area contributed by atoms with Crippen LogP contribution < -0.4 is 16.0 Å². The van der Waals surface area contributed by atoms with Gasteiger partial charge in [-0.2, -0.15) is 0 Å². The maximum Gasteiger partial charge on any atom is 0.321 e. The van der Waals surface area contributed by atoms with Crippen molar-refractivity contribution in [3.05, 3.63) is 60.1 Å². The van der Waals surface area contributed by atoms with Gasteiger partial charge < -0.3 is 15.1 Å². The average Bonchev–Trinajstić information content (AvgIpc) is 3.10. The van der Waals surface area contributed by atoms with Crippen molar-refractivity contribution in [3.63, 3.8) is 0 Å². The monoisotopic (exact) mass is 344 g/mol. The first-order chi connectivity index (χ1) is 12.1. The van der Waals surface area contributed by atoms with Crippen LogP contribution >= 0.6 is 0 Å². The fraction of sp³-hybridized carbons (Fsp3) is 0.368. The summed E-state index contributed by atoms with van der Waals surface area (Å²) < 4.78 is 5.50. The molecule has 1 aromatic carbocycles. The first-order valence-corrected chi connectivity index (χ1v) is 8.55. The van der Waals surface area contributed by atoms with Gasteiger partial charge >= 0.3 is 6.03 Å². The lowest BCUT2D eigenvalue weighted by Gasteiger charge is -2.14. The molecule has 134 valence electrons. The van der Waals surface area contributed by atoms with Crippen LogP contribution in [0, 0.1) is 5.92 Å². The molecule has 0 aliphatic rings. The third-order valence-electron chi connectivity index (χ3n) is 3.81. The molecular weight excluding hydrogens is 318 g/mol. The highest BCUT2D eigenvalue weighted by molar-refractivity contribution is 5.94. The van der Waals surface area contributed by atoms with Gasteiger partial charge in [0.25, 0.3) is 5.91 Å². The van der Waals surface area contributed by atoms with Crippen molar-refractivity contribution in [1.82, 2.24) is 10.6 Å². The number of nitrogens with two attached hydrogens (primary N) is 1. The first-order valence-electron chi connectivity index (χ1n) is 8.55. The molecule has 0 saturated carbocycles. The SMILES string of the molecule is CC(C)CCNC(=O)NC(=O)C[NH2+][C@H](c1ccccc1)c1ccco1. The second kappa shape index (κ2) is 9.64. The third-order valence-corrected chi connectivity index (χ3v) is 3.81. The van der Waals surface area contributed by atoms with Crippen molar-refractivity contribution in [2.75, 3.05) is 13.1 Å². The second-order valence-corrected chi connectivity index (χ2v) is 6.33. The molecule has 0 radical (unpaired) electrons. The summed E-state index contributed by atoms with van der Waals surface area (Å²) in [7, 11) is 0. The zero-order valence-corrected chi connectivity index (χ0v) is 14.7. The summed E-state index contributed by atoms with van der Waals surface area (Å²) in [5.41, 5.74) is 1.03. The van der Waals surface area contributed by atoms with E-state index in [1.54, 1.807) is 6.26 Å². The molecule has 3 amide bonds. The van der Waals surface area contributed by atoms with Gasteiger partial charge in [-0.15, -0.1) is 0 Å². The van der Waals surface area contributed by atoms with Gasteiger partial charge in [0, 0.05) is 12.1 Å². The third kappa shape index (κ3) is 6.43. The maximum absolute atomic E-state index is 12.0. The molecule has 0 fully saturated rings. The maximum atomic E-state index is 12.0. The summed E-state index contributed by atoms with van der Waals surface area (Å²) in [6, 6.07) is 12.9. The van der Waals surface area contributed by atoms with E-state index in [1.165, 1.54) is 0 Å². The van der Waals surface area contributed by atoms with Gasteiger partial charge in [0.1, 0.15) is 0 Å². The molecule has 6 nitrogen and oxygen atoms in total. The molecule has 4 N–H and O–H groups in total.